The van der Waals surface area contributed by atoms with Crippen LogP contribution in [0.5, 0.6) is 0 Å². The second kappa shape index (κ2) is 8.16. The molecule has 2 heterocycles. The molecule has 2 amide bonds. The molecular formula is C19H17N3O2S2. The molecule has 0 unspecified atom stereocenters. The number of rotatable bonds is 4. The van der Waals surface area contributed by atoms with Crippen molar-refractivity contribution in [1.29, 1.82) is 0 Å². The van der Waals surface area contributed by atoms with Gasteiger partial charge >= 0.3 is 0 Å². The van der Waals surface area contributed by atoms with Crippen molar-refractivity contribution in [2.45, 2.75) is 23.8 Å². The Morgan fingerprint density at radius 2 is 1.85 bits per heavy atom. The predicted molar refractivity (Wildman–Crippen MR) is 104 cm³/mol. The number of aromatic nitrogens is 1. The average Bonchev–Trinajstić information content (AvgIpc) is 3.18. The predicted octanol–water partition coefficient (Wildman–Crippen LogP) is 3.99. The van der Waals surface area contributed by atoms with Gasteiger partial charge in [-0.1, -0.05) is 30.0 Å². The Hall–Kier alpha value is -2.64. The van der Waals surface area contributed by atoms with Gasteiger partial charge in [-0.3, -0.25) is 20.4 Å². The highest BCUT2D eigenvalue weighted by Gasteiger charge is 2.15. The van der Waals surface area contributed by atoms with Crippen molar-refractivity contribution in [1.82, 2.24) is 15.8 Å². The monoisotopic (exact) mass is 383 g/mol. The van der Waals surface area contributed by atoms with E-state index in [0.717, 1.165) is 16.0 Å². The SMILES string of the molecule is Cc1ccc(C)c(Sc2ncccc2C(=O)NNC(=O)c2cccs2)c1. The van der Waals surface area contributed by atoms with Crippen molar-refractivity contribution in [3.63, 3.8) is 0 Å². The molecule has 0 saturated heterocycles. The number of hydrazine groups is 1. The molecule has 7 heteroatoms. The summed E-state index contributed by atoms with van der Waals surface area (Å²) >= 11 is 2.74. The van der Waals surface area contributed by atoms with Gasteiger partial charge in [-0.25, -0.2) is 4.98 Å². The van der Waals surface area contributed by atoms with Gasteiger partial charge in [0.25, 0.3) is 11.8 Å². The highest BCUT2D eigenvalue weighted by atomic mass is 32.2. The minimum absolute atomic E-state index is 0.346. The Labute approximate surface area is 159 Å². The lowest BCUT2D eigenvalue weighted by molar-refractivity contribution is 0.0847. The van der Waals surface area contributed by atoms with E-state index in [1.54, 1.807) is 35.8 Å². The van der Waals surface area contributed by atoms with E-state index in [9.17, 15) is 9.59 Å². The summed E-state index contributed by atoms with van der Waals surface area (Å²) in [7, 11) is 0. The fourth-order valence-electron chi connectivity index (χ4n) is 2.22. The number of thiophene rings is 1. The van der Waals surface area contributed by atoms with E-state index in [0.29, 0.717) is 15.5 Å². The first kappa shape index (κ1) is 18.2. The Bertz CT molecular complexity index is 940. The maximum absolute atomic E-state index is 12.5. The van der Waals surface area contributed by atoms with Crippen LogP contribution in [0.25, 0.3) is 0 Å². The van der Waals surface area contributed by atoms with Gasteiger partial charge in [0.05, 0.1) is 10.4 Å². The summed E-state index contributed by atoms with van der Waals surface area (Å²) in [4.78, 5) is 30.4. The van der Waals surface area contributed by atoms with Crippen molar-refractivity contribution < 1.29 is 9.59 Å². The molecule has 1 aromatic carbocycles. The molecule has 0 bridgehead atoms. The van der Waals surface area contributed by atoms with E-state index in [4.69, 9.17) is 0 Å². The zero-order valence-electron chi connectivity index (χ0n) is 14.3. The summed E-state index contributed by atoms with van der Waals surface area (Å²) in [5, 5.41) is 2.39. The van der Waals surface area contributed by atoms with Crippen molar-refractivity contribution >= 4 is 34.9 Å². The molecule has 26 heavy (non-hydrogen) atoms. The Kier molecular flexibility index (Phi) is 5.70. The van der Waals surface area contributed by atoms with Gasteiger partial charge < -0.3 is 0 Å². The second-order valence-electron chi connectivity index (χ2n) is 5.61. The highest BCUT2D eigenvalue weighted by molar-refractivity contribution is 7.99. The summed E-state index contributed by atoms with van der Waals surface area (Å²) in [6.07, 6.45) is 1.65. The first-order valence-electron chi connectivity index (χ1n) is 7.89. The zero-order chi connectivity index (χ0) is 18.5. The van der Waals surface area contributed by atoms with E-state index in [-0.39, 0.29) is 5.91 Å². The molecule has 3 aromatic rings. The summed E-state index contributed by atoms with van der Waals surface area (Å²) < 4.78 is 0. The normalized spacial score (nSPS) is 10.4. The molecule has 3 rings (SSSR count). The van der Waals surface area contributed by atoms with Gasteiger partial charge in [0.2, 0.25) is 0 Å². The summed E-state index contributed by atoms with van der Waals surface area (Å²) in [5.74, 6) is -0.753. The van der Waals surface area contributed by atoms with Crippen LogP contribution in [-0.2, 0) is 0 Å². The van der Waals surface area contributed by atoms with Gasteiger partial charge in [0.15, 0.2) is 0 Å². The summed E-state index contributed by atoms with van der Waals surface area (Å²) in [6, 6.07) is 13.0. The van der Waals surface area contributed by atoms with Gasteiger partial charge in [-0.15, -0.1) is 11.3 Å². The number of nitrogens with one attached hydrogen (secondary N) is 2. The van der Waals surface area contributed by atoms with Gasteiger partial charge in [0.1, 0.15) is 5.03 Å². The molecule has 2 N–H and O–H groups in total. The fraction of sp³-hybridized carbons (Fsp3) is 0.105. The lowest BCUT2D eigenvalue weighted by Crippen LogP contribution is -2.41. The van der Waals surface area contributed by atoms with Crippen molar-refractivity contribution in [2.24, 2.45) is 0 Å². The molecule has 0 atom stereocenters. The third-order valence-corrected chi connectivity index (χ3v) is 5.65. The molecule has 0 saturated carbocycles. The smallest absolute Gasteiger partial charge is 0.267 e. The van der Waals surface area contributed by atoms with Crippen molar-refractivity contribution in [3.8, 4) is 0 Å². The molecule has 5 nitrogen and oxygen atoms in total. The standard InChI is InChI=1S/C19H17N3O2S2/c1-12-7-8-13(2)16(11-12)26-19-14(5-3-9-20-19)17(23)21-22-18(24)15-6-4-10-25-15/h3-11H,1-2H3,(H,21,23)(H,22,24). The first-order chi connectivity index (χ1) is 12.5. The third kappa shape index (κ3) is 4.30. The molecule has 0 aliphatic carbocycles. The van der Waals surface area contributed by atoms with Crippen LogP contribution >= 0.6 is 23.1 Å². The van der Waals surface area contributed by atoms with Crippen LogP contribution < -0.4 is 10.9 Å². The summed E-state index contributed by atoms with van der Waals surface area (Å²) in [5.41, 5.74) is 7.55. The second-order valence-corrected chi connectivity index (χ2v) is 7.59. The van der Waals surface area contributed by atoms with Crippen LogP contribution in [0.1, 0.15) is 31.2 Å². The number of carbonyl (C=O) groups excluding carboxylic acids is 2. The third-order valence-electron chi connectivity index (χ3n) is 3.60. The van der Waals surface area contributed by atoms with Crippen LogP contribution in [0.2, 0.25) is 0 Å². The van der Waals surface area contributed by atoms with Crippen LogP contribution in [0, 0.1) is 13.8 Å². The number of hydrogen-bond donors (Lipinski definition) is 2. The van der Waals surface area contributed by atoms with Crippen molar-refractivity contribution in [3.05, 3.63) is 75.6 Å². The molecule has 0 aliphatic heterocycles. The number of nitrogens with zero attached hydrogens (tertiary/aromatic N) is 1. The number of benzene rings is 1. The fourth-order valence-corrected chi connectivity index (χ4v) is 3.90. The quantitative estimate of drug-likeness (QED) is 0.669. The first-order valence-corrected chi connectivity index (χ1v) is 9.58. The number of pyridine rings is 1. The molecule has 0 aliphatic rings. The highest BCUT2D eigenvalue weighted by Crippen LogP contribution is 2.31. The van der Waals surface area contributed by atoms with Crippen molar-refractivity contribution in [2.75, 3.05) is 0 Å². The van der Waals surface area contributed by atoms with E-state index in [2.05, 4.69) is 21.9 Å². The minimum atomic E-state index is -0.407. The minimum Gasteiger partial charge on any atom is -0.267 e. The van der Waals surface area contributed by atoms with E-state index < -0.39 is 5.91 Å². The van der Waals surface area contributed by atoms with Crippen LogP contribution in [0.4, 0.5) is 0 Å². The van der Waals surface area contributed by atoms with E-state index >= 15 is 0 Å². The molecule has 132 valence electrons. The Morgan fingerprint density at radius 3 is 2.62 bits per heavy atom. The number of aryl methyl sites for hydroxylation is 2. The zero-order valence-corrected chi connectivity index (χ0v) is 15.9. The number of amides is 2. The van der Waals surface area contributed by atoms with Gasteiger partial charge in [0, 0.05) is 11.1 Å². The average molecular weight is 383 g/mol. The van der Waals surface area contributed by atoms with Gasteiger partial charge in [-0.05, 0) is 54.6 Å². The Balaban J connectivity index is 1.75. The lowest BCUT2D eigenvalue weighted by Gasteiger charge is -2.11. The van der Waals surface area contributed by atoms with Crippen LogP contribution in [0.3, 0.4) is 0 Å². The molecule has 0 radical (unpaired) electrons. The molecular weight excluding hydrogens is 366 g/mol. The van der Waals surface area contributed by atoms with Crippen LogP contribution in [0.15, 0.2) is 64.0 Å². The molecule has 0 fully saturated rings. The topological polar surface area (TPSA) is 71.1 Å². The lowest BCUT2D eigenvalue weighted by atomic mass is 10.2. The van der Waals surface area contributed by atoms with Gasteiger partial charge in [-0.2, -0.15) is 0 Å². The van der Waals surface area contributed by atoms with E-state index in [1.165, 1.54) is 23.1 Å². The maximum Gasteiger partial charge on any atom is 0.279 e. The Morgan fingerprint density at radius 1 is 1.04 bits per heavy atom. The maximum atomic E-state index is 12.5. The van der Waals surface area contributed by atoms with Crippen LogP contribution in [-0.4, -0.2) is 16.8 Å². The number of hydrogen-bond acceptors (Lipinski definition) is 5. The number of carbonyl (C=O) groups is 2. The summed E-state index contributed by atoms with van der Waals surface area (Å²) in [6.45, 7) is 4.04. The van der Waals surface area contributed by atoms with E-state index in [1.807, 2.05) is 26.0 Å². The molecule has 2 aromatic heterocycles. The largest absolute Gasteiger partial charge is 0.279 e. The molecule has 0 spiro atoms.